The van der Waals surface area contributed by atoms with Gasteiger partial charge >= 0.3 is 5.97 Å². The van der Waals surface area contributed by atoms with Crippen molar-refractivity contribution in [3.63, 3.8) is 0 Å². The van der Waals surface area contributed by atoms with E-state index in [4.69, 9.17) is 5.11 Å². The van der Waals surface area contributed by atoms with Gasteiger partial charge in [0, 0.05) is 18.9 Å². The quantitative estimate of drug-likeness (QED) is 0.835. The Morgan fingerprint density at radius 2 is 2.35 bits per heavy atom. The van der Waals surface area contributed by atoms with Gasteiger partial charge in [-0.15, -0.1) is 0 Å². The van der Waals surface area contributed by atoms with Gasteiger partial charge in [-0.3, -0.25) is 9.78 Å². The van der Waals surface area contributed by atoms with Gasteiger partial charge in [0.15, 0.2) is 0 Å². The zero-order valence-electron chi connectivity index (χ0n) is 9.37. The fourth-order valence-electron chi connectivity index (χ4n) is 2.10. The average molecular weight is 234 g/mol. The van der Waals surface area contributed by atoms with E-state index in [0.717, 1.165) is 12.0 Å². The first-order valence-corrected chi connectivity index (χ1v) is 5.59. The molecule has 0 saturated carbocycles. The number of hydrogen-bond acceptors (Lipinski definition) is 3. The fraction of sp³-hybridized carbons (Fsp3) is 0.417. The van der Waals surface area contributed by atoms with Crippen molar-refractivity contribution in [2.45, 2.75) is 25.3 Å². The van der Waals surface area contributed by atoms with E-state index in [-0.39, 0.29) is 12.3 Å². The average Bonchev–Trinajstić information content (AvgIpc) is 2.79. The zero-order valence-corrected chi connectivity index (χ0v) is 9.37. The lowest BCUT2D eigenvalue weighted by atomic mass is 10.1. The SMILES string of the molecule is O=C(O)[C@H]1CCCN1C(=O)Cc1cccnc1. The molecule has 1 saturated heterocycles. The van der Waals surface area contributed by atoms with Crippen molar-refractivity contribution < 1.29 is 14.7 Å². The minimum Gasteiger partial charge on any atom is -0.480 e. The van der Waals surface area contributed by atoms with Gasteiger partial charge in [0.05, 0.1) is 6.42 Å². The third-order valence-electron chi connectivity index (χ3n) is 2.94. The summed E-state index contributed by atoms with van der Waals surface area (Å²) in [5.41, 5.74) is 0.813. The third kappa shape index (κ3) is 2.61. The molecule has 1 aromatic heterocycles. The van der Waals surface area contributed by atoms with Crippen molar-refractivity contribution in [2.24, 2.45) is 0 Å². The second-order valence-corrected chi connectivity index (χ2v) is 4.12. The molecule has 90 valence electrons. The predicted molar refractivity (Wildman–Crippen MR) is 60.3 cm³/mol. The molecular formula is C12H14N2O3. The molecule has 1 amide bonds. The molecular weight excluding hydrogens is 220 g/mol. The molecule has 0 aliphatic carbocycles. The van der Waals surface area contributed by atoms with Gasteiger partial charge < -0.3 is 10.0 Å². The summed E-state index contributed by atoms with van der Waals surface area (Å²) in [4.78, 5) is 28.3. The molecule has 0 radical (unpaired) electrons. The number of likely N-dealkylation sites (tertiary alicyclic amines) is 1. The van der Waals surface area contributed by atoms with Crippen molar-refractivity contribution in [1.29, 1.82) is 0 Å². The fourth-order valence-corrected chi connectivity index (χ4v) is 2.10. The molecule has 0 unspecified atom stereocenters. The zero-order chi connectivity index (χ0) is 12.3. The summed E-state index contributed by atoms with van der Waals surface area (Å²) in [5.74, 6) is -1.05. The lowest BCUT2D eigenvalue weighted by Gasteiger charge is -2.21. The number of carboxylic acid groups (broad SMARTS) is 1. The molecule has 0 bridgehead atoms. The Bertz CT molecular complexity index is 419. The second-order valence-electron chi connectivity index (χ2n) is 4.12. The minimum absolute atomic E-state index is 0.136. The standard InChI is InChI=1S/C12H14N2O3/c15-11(7-9-3-1-5-13-8-9)14-6-2-4-10(14)12(16)17/h1,3,5,8,10H,2,4,6-7H2,(H,16,17)/t10-/m1/s1. The second kappa shape index (κ2) is 4.95. The smallest absolute Gasteiger partial charge is 0.326 e. The van der Waals surface area contributed by atoms with E-state index in [1.165, 1.54) is 4.90 Å². The first kappa shape index (κ1) is 11.6. The number of hydrogen-bond donors (Lipinski definition) is 1. The summed E-state index contributed by atoms with van der Waals surface area (Å²) in [6.45, 7) is 0.538. The number of rotatable bonds is 3. The van der Waals surface area contributed by atoms with Crippen molar-refractivity contribution in [2.75, 3.05) is 6.54 Å². The highest BCUT2D eigenvalue weighted by molar-refractivity contribution is 5.85. The monoisotopic (exact) mass is 234 g/mol. The number of nitrogens with zero attached hydrogens (tertiary/aromatic N) is 2. The first-order valence-electron chi connectivity index (χ1n) is 5.59. The lowest BCUT2D eigenvalue weighted by molar-refractivity contribution is -0.148. The van der Waals surface area contributed by atoms with Crippen LogP contribution in [0.1, 0.15) is 18.4 Å². The lowest BCUT2D eigenvalue weighted by Crippen LogP contribution is -2.41. The molecule has 0 aromatic carbocycles. The molecule has 0 spiro atoms. The van der Waals surface area contributed by atoms with Gasteiger partial charge in [-0.25, -0.2) is 4.79 Å². The molecule has 1 aliphatic rings. The molecule has 5 nitrogen and oxygen atoms in total. The molecule has 1 aliphatic heterocycles. The Kier molecular flexibility index (Phi) is 3.37. The van der Waals surface area contributed by atoms with Crippen LogP contribution in [0.4, 0.5) is 0 Å². The van der Waals surface area contributed by atoms with Crippen LogP contribution in [0.5, 0.6) is 0 Å². The topological polar surface area (TPSA) is 70.5 Å². The van der Waals surface area contributed by atoms with Gasteiger partial charge in [-0.2, -0.15) is 0 Å². The highest BCUT2D eigenvalue weighted by Gasteiger charge is 2.33. The summed E-state index contributed by atoms with van der Waals surface area (Å²) >= 11 is 0. The molecule has 2 heterocycles. The number of aliphatic carboxylic acids is 1. The van der Waals surface area contributed by atoms with Crippen LogP contribution in [-0.4, -0.2) is 39.5 Å². The van der Waals surface area contributed by atoms with Gasteiger partial charge in [0.2, 0.25) is 5.91 Å². The van der Waals surface area contributed by atoms with Crippen LogP contribution in [0.25, 0.3) is 0 Å². The van der Waals surface area contributed by atoms with Crippen molar-refractivity contribution >= 4 is 11.9 Å². The Hall–Kier alpha value is -1.91. The maximum absolute atomic E-state index is 12.0. The van der Waals surface area contributed by atoms with E-state index in [1.807, 2.05) is 6.07 Å². The van der Waals surface area contributed by atoms with E-state index in [2.05, 4.69) is 4.98 Å². The van der Waals surface area contributed by atoms with Gasteiger partial charge in [-0.05, 0) is 24.5 Å². The van der Waals surface area contributed by atoms with Crippen molar-refractivity contribution in [3.8, 4) is 0 Å². The molecule has 17 heavy (non-hydrogen) atoms. The Morgan fingerprint density at radius 3 is 3.00 bits per heavy atom. The Labute approximate surface area is 99.1 Å². The molecule has 2 rings (SSSR count). The number of aromatic nitrogens is 1. The summed E-state index contributed by atoms with van der Waals surface area (Å²) in [6.07, 6.45) is 4.80. The van der Waals surface area contributed by atoms with E-state index in [0.29, 0.717) is 13.0 Å². The summed E-state index contributed by atoms with van der Waals surface area (Å²) in [7, 11) is 0. The minimum atomic E-state index is -0.915. The summed E-state index contributed by atoms with van der Waals surface area (Å²) < 4.78 is 0. The molecule has 1 atom stereocenters. The van der Waals surface area contributed by atoms with Crippen molar-refractivity contribution in [1.82, 2.24) is 9.88 Å². The van der Waals surface area contributed by atoms with E-state index < -0.39 is 12.0 Å². The maximum atomic E-state index is 12.0. The number of carbonyl (C=O) groups is 2. The number of amides is 1. The largest absolute Gasteiger partial charge is 0.480 e. The Morgan fingerprint density at radius 1 is 1.53 bits per heavy atom. The van der Waals surface area contributed by atoms with Gasteiger partial charge in [-0.1, -0.05) is 6.07 Å². The van der Waals surface area contributed by atoms with E-state index in [9.17, 15) is 9.59 Å². The molecule has 1 fully saturated rings. The van der Waals surface area contributed by atoms with E-state index in [1.54, 1.807) is 18.5 Å². The van der Waals surface area contributed by atoms with Gasteiger partial charge in [0.1, 0.15) is 6.04 Å². The molecule has 1 aromatic rings. The van der Waals surface area contributed by atoms with Crippen molar-refractivity contribution in [3.05, 3.63) is 30.1 Å². The number of pyridine rings is 1. The van der Waals surface area contributed by atoms with E-state index >= 15 is 0 Å². The number of carboxylic acids is 1. The van der Waals surface area contributed by atoms with Crippen LogP contribution in [0.15, 0.2) is 24.5 Å². The van der Waals surface area contributed by atoms with Crippen LogP contribution >= 0.6 is 0 Å². The molecule has 1 N–H and O–H groups in total. The summed E-state index contributed by atoms with van der Waals surface area (Å²) in [5, 5.41) is 8.99. The maximum Gasteiger partial charge on any atom is 0.326 e. The third-order valence-corrected chi connectivity index (χ3v) is 2.94. The first-order chi connectivity index (χ1) is 8.18. The van der Waals surface area contributed by atoms with Crippen LogP contribution in [0.2, 0.25) is 0 Å². The van der Waals surface area contributed by atoms with Gasteiger partial charge in [0.25, 0.3) is 0 Å². The van der Waals surface area contributed by atoms with Crippen LogP contribution in [-0.2, 0) is 16.0 Å². The highest BCUT2D eigenvalue weighted by Crippen LogP contribution is 2.18. The predicted octanol–water partition coefficient (Wildman–Crippen LogP) is 0.700. The van der Waals surface area contributed by atoms with Crippen LogP contribution in [0.3, 0.4) is 0 Å². The van der Waals surface area contributed by atoms with Crippen LogP contribution < -0.4 is 0 Å². The summed E-state index contributed by atoms with van der Waals surface area (Å²) in [6, 6.07) is 2.93. The number of carbonyl (C=O) groups excluding carboxylic acids is 1. The van der Waals surface area contributed by atoms with Crippen LogP contribution in [0, 0.1) is 0 Å². The molecule has 5 heteroatoms. The highest BCUT2D eigenvalue weighted by atomic mass is 16.4. The Balaban J connectivity index is 2.03. The normalized spacial score (nSPS) is 19.3.